The number of hydrogen-bond donors (Lipinski definition) is 1. The summed E-state index contributed by atoms with van der Waals surface area (Å²) in [7, 11) is 0. The topological polar surface area (TPSA) is 56.0 Å². The molecular formula is C11H10N2O. The standard InChI is InChI=1S/C11H10N2O/c12-7-10(14)11-9-4-2-1-3-8(9)5-6-13-11/h1-6H,7,12H2. The predicted octanol–water partition coefficient (Wildman–Crippen LogP) is 1.38. The molecule has 1 heterocycles. The van der Waals surface area contributed by atoms with Gasteiger partial charge in [-0.05, 0) is 11.5 Å². The lowest BCUT2D eigenvalue weighted by atomic mass is 10.1. The normalized spacial score (nSPS) is 10.4. The smallest absolute Gasteiger partial charge is 0.195 e. The van der Waals surface area contributed by atoms with Gasteiger partial charge in [0.1, 0.15) is 5.69 Å². The zero-order valence-electron chi connectivity index (χ0n) is 7.60. The molecular weight excluding hydrogens is 176 g/mol. The van der Waals surface area contributed by atoms with Gasteiger partial charge in [-0.15, -0.1) is 0 Å². The zero-order chi connectivity index (χ0) is 9.97. The van der Waals surface area contributed by atoms with Crippen molar-refractivity contribution in [1.29, 1.82) is 0 Å². The second-order valence-electron chi connectivity index (χ2n) is 3.01. The molecule has 3 heteroatoms. The lowest BCUT2D eigenvalue weighted by molar-refractivity contribution is 0.0998. The molecule has 0 bridgehead atoms. The number of Topliss-reactive ketones (excluding diaryl/α,β-unsaturated/α-hetero) is 1. The summed E-state index contributed by atoms with van der Waals surface area (Å²) in [5.74, 6) is -0.123. The van der Waals surface area contributed by atoms with Gasteiger partial charge in [-0.25, -0.2) is 0 Å². The van der Waals surface area contributed by atoms with Gasteiger partial charge in [0.2, 0.25) is 0 Å². The number of rotatable bonds is 2. The Bertz CT molecular complexity index is 474. The van der Waals surface area contributed by atoms with Crippen LogP contribution >= 0.6 is 0 Å². The molecule has 0 radical (unpaired) electrons. The Kier molecular flexibility index (Phi) is 2.24. The molecule has 0 atom stereocenters. The summed E-state index contributed by atoms with van der Waals surface area (Å²) < 4.78 is 0. The van der Waals surface area contributed by atoms with Gasteiger partial charge in [-0.3, -0.25) is 9.78 Å². The molecule has 1 aromatic heterocycles. The number of carbonyl (C=O) groups excluding carboxylic acids is 1. The van der Waals surface area contributed by atoms with Crippen molar-refractivity contribution in [3.05, 3.63) is 42.2 Å². The van der Waals surface area contributed by atoms with Crippen LogP contribution in [0.25, 0.3) is 10.8 Å². The highest BCUT2D eigenvalue weighted by Crippen LogP contribution is 2.16. The second-order valence-corrected chi connectivity index (χ2v) is 3.01. The summed E-state index contributed by atoms with van der Waals surface area (Å²) >= 11 is 0. The Hall–Kier alpha value is -1.74. The number of hydrogen-bond acceptors (Lipinski definition) is 3. The number of nitrogens with two attached hydrogens (primary N) is 1. The quantitative estimate of drug-likeness (QED) is 0.721. The second kappa shape index (κ2) is 3.55. The first-order valence-corrected chi connectivity index (χ1v) is 4.40. The van der Waals surface area contributed by atoms with Crippen molar-refractivity contribution in [2.75, 3.05) is 6.54 Å². The Labute approximate surface area is 81.6 Å². The van der Waals surface area contributed by atoms with E-state index in [1.165, 1.54) is 0 Å². The van der Waals surface area contributed by atoms with Crippen molar-refractivity contribution in [3.63, 3.8) is 0 Å². The molecule has 0 spiro atoms. The maximum absolute atomic E-state index is 11.4. The Morgan fingerprint density at radius 1 is 1.29 bits per heavy atom. The van der Waals surface area contributed by atoms with E-state index in [0.29, 0.717) is 5.69 Å². The van der Waals surface area contributed by atoms with Gasteiger partial charge in [0.15, 0.2) is 5.78 Å². The molecule has 3 nitrogen and oxygen atoms in total. The van der Waals surface area contributed by atoms with Crippen LogP contribution in [-0.4, -0.2) is 17.3 Å². The number of carbonyl (C=O) groups is 1. The number of aromatic nitrogens is 1. The van der Waals surface area contributed by atoms with Crippen LogP contribution in [-0.2, 0) is 0 Å². The third kappa shape index (κ3) is 1.38. The summed E-state index contributed by atoms with van der Waals surface area (Å²) in [5, 5.41) is 1.88. The van der Waals surface area contributed by atoms with E-state index < -0.39 is 0 Å². The molecule has 70 valence electrons. The van der Waals surface area contributed by atoms with Gasteiger partial charge in [0.05, 0.1) is 6.54 Å². The van der Waals surface area contributed by atoms with E-state index in [9.17, 15) is 4.79 Å². The third-order valence-electron chi connectivity index (χ3n) is 2.12. The molecule has 2 aromatic rings. The van der Waals surface area contributed by atoms with Crippen molar-refractivity contribution < 1.29 is 4.79 Å². The summed E-state index contributed by atoms with van der Waals surface area (Å²) in [6.45, 7) is 0.001000. The monoisotopic (exact) mass is 186 g/mol. The molecule has 0 unspecified atom stereocenters. The van der Waals surface area contributed by atoms with E-state index in [-0.39, 0.29) is 12.3 Å². The molecule has 0 fully saturated rings. The fourth-order valence-electron chi connectivity index (χ4n) is 1.44. The van der Waals surface area contributed by atoms with Crippen LogP contribution in [0.15, 0.2) is 36.5 Å². The minimum absolute atomic E-state index is 0.001000. The lowest BCUT2D eigenvalue weighted by Crippen LogP contribution is -2.15. The van der Waals surface area contributed by atoms with Crippen LogP contribution < -0.4 is 5.73 Å². The molecule has 0 saturated carbocycles. The maximum Gasteiger partial charge on any atom is 0.195 e. The fraction of sp³-hybridized carbons (Fsp3) is 0.0909. The van der Waals surface area contributed by atoms with Crippen LogP contribution in [0, 0.1) is 0 Å². The van der Waals surface area contributed by atoms with Crippen molar-refractivity contribution in [3.8, 4) is 0 Å². The highest BCUT2D eigenvalue weighted by molar-refractivity contribution is 6.07. The molecule has 0 saturated heterocycles. The Morgan fingerprint density at radius 3 is 2.86 bits per heavy atom. The van der Waals surface area contributed by atoms with Crippen molar-refractivity contribution in [1.82, 2.24) is 4.98 Å². The molecule has 0 aliphatic heterocycles. The molecule has 0 amide bonds. The molecule has 2 N–H and O–H groups in total. The van der Waals surface area contributed by atoms with Crippen LogP contribution in [0.5, 0.6) is 0 Å². The van der Waals surface area contributed by atoms with Gasteiger partial charge in [0, 0.05) is 11.6 Å². The van der Waals surface area contributed by atoms with E-state index in [1.54, 1.807) is 6.20 Å². The van der Waals surface area contributed by atoms with E-state index in [0.717, 1.165) is 10.8 Å². The van der Waals surface area contributed by atoms with Crippen LogP contribution in [0.1, 0.15) is 10.5 Å². The largest absolute Gasteiger partial charge is 0.324 e. The minimum Gasteiger partial charge on any atom is -0.324 e. The Morgan fingerprint density at radius 2 is 2.07 bits per heavy atom. The van der Waals surface area contributed by atoms with Crippen LogP contribution in [0.2, 0.25) is 0 Å². The van der Waals surface area contributed by atoms with Crippen LogP contribution in [0.4, 0.5) is 0 Å². The average Bonchev–Trinajstić information content (AvgIpc) is 2.27. The number of ketones is 1. The van der Waals surface area contributed by atoms with Gasteiger partial charge < -0.3 is 5.73 Å². The van der Waals surface area contributed by atoms with E-state index >= 15 is 0 Å². The van der Waals surface area contributed by atoms with Crippen molar-refractivity contribution >= 4 is 16.6 Å². The van der Waals surface area contributed by atoms with Gasteiger partial charge in [0.25, 0.3) is 0 Å². The summed E-state index contributed by atoms with van der Waals surface area (Å²) in [6.07, 6.45) is 1.63. The SMILES string of the molecule is NCC(=O)c1nccc2ccccc12. The van der Waals surface area contributed by atoms with Crippen molar-refractivity contribution in [2.24, 2.45) is 5.73 Å². The van der Waals surface area contributed by atoms with E-state index in [4.69, 9.17) is 5.73 Å². The molecule has 14 heavy (non-hydrogen) atoms. The highest BCUT2D eigenvalue weighted by atomic mass is 16.1. The fourth-order valence-corrected chi connectivity index (χ4v) is 1.44. The Balaban J connectivity index is 2.71. The zero-order valence-corrected chi connectivity index (χ0v) is 7.60. The number of nitrogens with zero attached hydrogens (tertiary/aromatic N) is 1. The van der Waals surface area contributed by atoms with Crippen molar-refractivity contribution in [2.45, 2.75) is 0 Å². The summed E-state index contributed by atoms with van der Waals surface area (Å²) in [6, 6.07) is 9.52. The first kappa shape index (κ1) is 8.84. The predicted molar refractivity (Wildman–Crippen MR) is 55.1 cm³/mol. The first-order chi connectivity index (χ1) is 6.83. The average molecular weight is 186 g/mol. The maximum atomic E-state index is 11.4. The number of pyridine rings is 1. The van der Waals surface area contributed by atoms with Crippen LogP contribution in [0.3, 0.4) is 0 Å². The number of fused-ring (bicyclic) bond motifs is 1. The van der Waals surface area contributed by atoms with E-state index in [1.807, 2.05) is 30.3 Å². The van der Waals surface area contributed by atoms with Gasteiger partial charge in [-0.2, -0.15) is 0 Å². The summed E-state index contributed by atoms with van der Waals surface area (Å²) in [4.78, 5) is 15.5. The molecule has 1 aromatic carbocycles. The highest BCUT2D eigenvalue weighted by Gasteiger charge is 2.08. The molecule has 0 aliphatic carbocycles. The molecule has 0 aliphatic rings. The third-order valence-corrected chi connectivity index (χ3v) is 2.12. The first-order valence-electron chi connectivity index (χ1n) is 4.40. The van der Waals surface area contributed by atoms with Gasteiger partial charge in [-0.1, -0.05) is 24.3 Å². The molecule has 2 rings (SSSR count). The van der Waals surface area contributed by atoms with E-state index in [2.05, 4.69) is 4.98 Å². The van der Waals surface area contributed by atoms with Gasteiger partial charge >= 0.3 is 0 Å². The number of benzene rings is 1. The minimum atomic E-state index is -0.123. The summed E-state index contributed by atoms with van der Waals surface area (Å²) in [5.41, 5.74) is 5.77. The lowest BCUT2D eigenvalue weighted by Gasteiger charge is -2.02.